The molecule has 0 bridgehead atoms. The molecule has 0 saturated carbocycles. The molecule has 0 aliphatic carbocycles. The Labute approximate surface area is 130 Å². The van der Waals surface area contributed by atoms with Gasteiger partial charge in [-0.25, -0.2) is 0 Å². The first kappa shape index (κ1) is 15.9. The van der Waals surface area contributed by atoms with Crippen molar-refractivity contribution in [2.45, 2.75) is 45.3 Å². The summed E-state index contributed by atoms with van der Waals surface area (Å²) in [7, 11) is 0. The number of ether oxygens (including phenoxy) is 1. The lowest BCUT2D eigenvalue weighted by Gasteiger charge is -2.49. The van der Waals surface area contributed by atoms with Crippen LogP contribution in [0.1, 0.15) is 26.7 Å². The molecular weight excluding hydrogens is 286 g/mol. The highest BCUT2D eigenvalue weighted by Gasteiger charge is 2.51. The number of nitrogens with two attached hydrogens (primary N) is 1. The molecule has 3 aliphatic heterocycles. The van der Waals surface area contributed by atoms with Crippen LogP contribution in [0, 0.1) is 29.6 Å². The topological polar surface area (TPSA) is 114 Å². The van der Waals surface area contributed by atoms with Crippen LogP contribution in [0.15, 0.2) is 0 Å². The third-order valence-electron chi connectivity index (χ3n) is 5.45. The molecule has 7 atom stereocenters. The Morgan fingerprint density at radius 1 is 1.32 bits per heavy atom. The predicted molar refractivity (Wildman–Crippen MR) is 78.4 cm³/mol. The Hall–Kier alpha value is -1.02. The number of ketones is 1. The zero-order chi connectivity index (χ0) is 16.0. The second kappa shape index (κ2) is 5.88. The average Bonchev–Trinajstić information content (AvgIpc) is 2.46. The SMILES string of the molecule is CC(C)C1CNC2OC3NC(N)C(C(=O)O)CC3C(=O)C2C1. The van der Waals surface area contributed by atoms with Crippen LogP contribution < -0.4 is 16.4 Å². The van der Waals surface area contributed by atoms with Gasteiger partial charge >= 0.3 is 5.97 Å². The molecule has 3 aliphatic rings. The maximum Gasteiger partial charge on any atom is 0.309 e. The highest BCUT2D eigenvalue weighted by atomic mass is 16.5. The highest BCUT2D eigenvalue weighted by molar-refractivity contribution is 5.86. The lowest BCUT2D eigenvalue weighted by Crippen LogP contribution is -2.67. The smallest absolute Gasteiger partial charge is 0.309 e. The van der Waals surface area contributed by atoms with Gasteiger partial charge in [-0.05, 0) is 24.7 Å². The summed E-state index contributed by atoms with van der Waals surface area (Å²) in [6.45, 7) is 5.16. The predicted octanol–water partition coefficient (Wildman–Crippen LogP) is -0.285. The fourth-order valence-corrected chi connectivity index (χ4v) is 3.91. The van der Waals surface area contributed by atoms with Crippen molar-refractivity contribution in [3.8, 4) is 0 Å². The number of Topliss-reactive ketones (excluding diaryl/α,β-unsaturated/α-hetero) is 1. The van der Waals surface area contributed by atoms with Crippen molar-refractivity contribution in [1.82, 2.24) is 10.6 Å². The molecule has 0 radical (unpaired) electrons. The Bertz CT molecular complexity index is 470. The molecule has 0 aromatic heterocycles. The van der Waals surface area contributed by atoms with E-state index in [0.717, 1.165) is 13.0 Å². The van der Waals surface area contributed by atoms with Crippen molar-refractivity contribution in [3.05, 3.63) is 0 Å². The molecule has 3 heterocycles. The molecule has 3 fully saturated rings. The third-order valence-corrected chi connectivity index (χ3v) is 5.45. The van der Waals surface area contributed by atoms with Crippen LogP contribution in [0.25, 0.3) is 0 Å². The summed E-state index contributed by atoms with van der Waals surface area (Å²) in [5.74, 6) is -1.26. The van der Waals surface area contributed by atoms with E-state index in [1.807, 2.05) is 0 Å². The zero-order valence-electron chi connectivity index (χ0n) is 13.0. The van der Waals surface area contributed by atoms with Crippen LogP contribution in [0.5, 0.6) is 0 Å². The Balaban J connectivity index is 1.76. The number of fused-ring (bicyclic) bond motifs is 2. The van der Waals surface area contributed by atoms with Gasteiger partial charge in [0.05, 0.1) is 23.9 Å². The van der Waals surface area contributed by atoms with E-state index in [0.29, 0.717) is 11.8 Å². The first-order valence-electron chi connectivity index (χ1n) is 8.05. The monoisotopic (exact) mass is 311 g/mol. The van der Waals surface area contributed by atoms with Crippen LogP contribution in [0.3, 0.4) is 0 Å². The van der Waals surface area contributed by atoms with Crippen molar-refractivity contribution in [3.63, 3.8) is 0 Å². The zero-order valence-corrected chi connectivity index (χ0v) is 13.0. The van der Waals surface area contributed by atoms with Gasteiger partial charge in [-0.1, -0.05) is 13.8 Å². The van der Waals surface area contributed by atoms with Crippen LogP contribution in [-0.2, 0) is 14.3 Å². The number of carboxylic acids is 1. The van der Waals surface area contributed by atoms with E-state index in [-0.39, 0.29) is 24.3 Å². The molecule has 124 valence electrons. The Morgan fingerprint density at radius 3 is 2.64 bits per heavy atom. The Morgan fingerprint density at radius 2 is 2.00 bits per heavy atom. The number of carboxylic acid groups (broad SMARTS) is 1. The first-order valence-corrected chi connectivity index (χ1v) is 8.05. The number of hydrogen-bond donors (Lipinski definition) is 4. The lowest BCUT2D eigenvalue weighted by atomic mass is 9.72. The van der Waals surface area contributed by atoms with E-state index < -0.39 is 30.2 Å². The molecule has 0 amide bonds. The molecule has 7 nitrogen and oxygen atoms in total. The van der Waals surface area contributed by atoms with Crippen molar-refractivity contribution in [2.24, 2.45) is 35.3 Å². The average molecular weight is 311 g/mol. The van der Waals surface area contributed by atoms with Gasteiger partial charge in [0, 0.05) is 6.54 Å². The fourth-order valence-electron chi connectivity index (χ4n) is 3.91. The van der Waals surface area contributed by atoms with E-state index in [9.17, 15) is 14.7 Å². The van der Waals surface area contributed by atoms with Crippen molar-refractivity contribution >= 4 is 11.8 Å². The molecule has 22 heavy (non-hydrogen) atoms. The van der Waals surface area contributed by atoms with E-state index in [1.54, 1.807) is 0 Å². The largest absolute Gasteiger partial charge is 0.481 e. The third kappa shape index (κ3) is 2.67. The summed E-state index contributed by atoms with van der Waals surface area (Å²) in [6, 6.07) is 0. The van der Waals surface area contributed by atoms with Gasteiger partial charge in [-0.2, -0.15) is 0 Å². The number of piperidine rings is 2. The van der Waals surface area contributed by atoms with Gasteiger partial charge < -0.3 is 15.6 Å². The van der Waals surface area contributed by atoms with Gasteiger partial charge in [0.1, 0.15) is 18.2 Å². The second-order valence-electron chi connectivity index (χ2n) is 7.11. The molecule has 3 rings (SSSR count). The minimum absolute atomic E-state index is 0.116. The van der Waals surface area contributed by atoms with Crippen LogP contribution >= 0.6 is 0 Å². The van der Waals surface area contributed by atoms with Gasteiger partial charge in [-0.3, -0.25) is 20.2 Å². The highest BCUT2D eigenvalue weighted by Crippen LogP contribution is 2.38. The number of carbonyl (C=O) groups is 2. The summed E-state index contributed by atoms with van der Waals surface area (Å²) in [6.07, 6.45) is -0.397. The number of nitrogens with one attached hydrogen (secondary N) is 2. The fraction of sp³-hybridized carbons (Fsp3) is 0.867. The molecular formula is C15H25N3O4. The molecule has 0 aromatic carbocycles. The van der Waals surface area contributed by atoms with Crippen LogP contribution in [-0.4, -0.2) is 42.0 Å². The quantitative estimate of drug-likeness (QED) is 0.554. The minimum atomic E-state index is -0.963. The van der Waals surface area contributed by atoms with Crippen LogP contribution in [0.2, 0.25) is 0 Å². The minimum Gasteiger partial charge on any atom is -0.481 e. The number of aliphatic carboxylic acids is 1. The van der Waals surface area contributed by atoms with Crippen molar-refractivity contribution < 1.29 is 19.4 Å². The summed E-state index contributed by atoms with van der Waals surface area (Å²) < 4.78 is 5.98. The summed E-state index contributed by atoms with van der Waals surface area (Å²) in [5, 5.41) is 15.5. The van der Waals surface area contributed by atoms with Crippen molar-refractivity contribution in [1.29, 1.82) is 0 Å². The van der Waals surface area contributed by atoms with E-state index in [1.165, 1.54) is 0 Å². The van der Waals surface area contributed by atoms with Gasteiger partial charge in [0.25, 0.3) is 0 Å². The van der Waals surface area contributed by atoms with Gasteiger partial charge in [0.2, 0.25) is 0 Å². The number of rotatable bonds is 2. The van der Waals surface area contributed by atoms with Crippen LogP contribution in [0.4, 0.5) is 0 Å². The molecule has 3 saturated heterocycles. The Kier molecular flexibility index (Phi) is 4.24. The molecule has 7 heteroatoms. The first-order chi connectivity index (χ1) is 10.4. The van der Waals surface area contributed by atoms with Gasteiger partial charge in [0.15, 0.2) is 0 Å². The normalized spacial score (nSPS) is 45.3. The maximum atomic E-state index is 12.8. The lowest BCUT2D eigenvalue weighted by molar-refractivity contribution is -0.188. The molecule has 0 spiro atoms. The molecule has 5 N–H and O–H groups in total. The van der Waals surface area contributed by atoms with E-state index >= 15 is 0 Å². The van der Waals surface area contributed by atoms with E-state index in [2.05, 4.69) is 24.5 Å². The summed E-state index contributed by atoms with van der Waals surface area (Å²) >= 11 is 0. The maximum absolute atomic E-state index is 12.8. The van der Waals surface area contributed by atoms with Crippen molar-refractivity contribution in [2.75, 3.05) is 6.54 Å². The summed E-state index contributed by atoms with van der Waals surface area (Å²) in [4.78, 5) is 24.1. The van der Waals surface area contributed by atoms with Gasteiger partial charge in [-0.15, -0.1) is 0 Å². The van der Waals surface area contributed by atoms with E-state index in [4.69, 9.17) is 10.5 Å². The summed E-state index contributed by atoms with van der Waals surface area (Å²) in [5.41, 5.74) is 5.86. The standard InChI is InChI=1S/C15H25N3O4/c1-6(2)7-3-8-11(19)9-4-10(15(20)21)12(16)18-14(9)22-13(8)17-5-7/h6-10,12-14,17-18H,3-5,16H2,1-2H3,(H,20,21). The molecule has 0 aromatic rings. The number of carbonyl (C=O) groups excluding carboxylic acids is 1. The second-order valence-corrected chi connectivity index (χ2v) is 7.11. The number of hydrogen-bond acceptors (Lipinski definition) is 6. The molecule has 7 unspecified atom stereocenters.